The molecule has 0 unspecified atom stereocenters. The van der Waals surface area contributed by atoms with Gasteiger partial charge in [-0.25, -0.2) is 0 Å². The van der Waals surface area contributed by atoms with E-state index in [2.05, 4.69) is 0 Å². The number of non-ortho nitro benzene ring substituents is 1. The minimum atomic E-state index is -0.510. The molecule has 5 nitrogen and oxygen atoms in total. The van der Waals surface area contributed by atoms with Crippen LogP contribution in [0.4, 0.5) is 5.69 Å². The molecule has 0 saturated heterocycles. The summed E-state index contributed by atoms with van der Waals surface area (Å²) in [7, 11) is 0. The fourth-order valence-corrected chi connectivity index (χ4v) is 2.85. The predicted molar refractivity (Wildman–Crippen MR) is 77.0 cm³/mol. The Kier molecular flexibility index (Phi) is 4.27. The second-order valence-electron chi connectivity index (χ2n) is 3.72. The normalized spacial score (nSPS) is 10.5. The fraction of sp³-hybridized carbons (Fsp3) is 0. The molecule has 20 heavy (non-hydrogen) atoms. The molecule has 104 valence electrons. The van der Waals surface area contributed by atoms with Crippen LogP contribution >= 0.6 is 35.0 Å². The van der Waals surface area contributed by atoms with E-state index in [1.165, 1.54) is 24.3 Å². The molecule has 0 aliphatic rings. The highest BCUT2D eigenvalue weighted by molar-refractivity contribution is 7.99. The second kappa shape index (κ2) is 5.78. The first kappa shape index (κ1) is 14.8. The van der Waals surface area contributed by atoms with Crippen LogP contribution in [-0.2, 0) is 0 Å². The number of hydrogen-bond donors (Lipinski definition) is 2. The van der Waals surface area contributed by atoms with Crippen LogP contribution in [-0.4, -0.2) is 15.1 Å². The molecule has 0 aromatic heterocycles. The van der Waals surface area contributed by atoms with Gasteiger partial charge >= 0.3 is 0 Å². The van der Waals surface area contributed by atoms with Crippen LogP contribution in [0.15, 0.2) is 40.1 Å². The SMILES string of the molecule is O=[N+]([O-])c1ccc(Sc2c(O)c(Cl)cc(O)c2Cl)cc1. The molecule has 0 spiro atoms. The van der Waals surface area contributed by atoms with E-state index < -0.39 is 4.92 Å². The molecule has 8 heteroatoms. The van der Waals surface area contributed by atoms with Crippen molar-refractivity contribution in [1.82, 2.24) is 0 Å². The highest BCUT2D eigenvalue weighted by Gasteiger charge is 2.17. The standard InChI is InChI=1S/C12H7Cl2NO4S/c13-8-5-9(16)10(14)12(11(8)17)20-7-3-1-6(2-4-7)15(18)19/h1-5,16-17H. The van der Waals surface area contributed by atoms with E-state index >= 15 is 0 Å². The molecule has 2 aromatic rings. The van der Waals surface area contributed by atoms with Gasteiger partial charge in [0.05, 0.1) is 14.8 Å². The summed E-state index contributed by atoms with van der Waals surface area (Å²) in [6, 6.07) is 6.82. The van der Waals surface area contributed by atoms with Crippen molar-refractivity contribution in [2.24, 2.45) is 0 Å². The number of hydrogen-bond acceptors (Lipinski definition) is 5. The summed E-state index contributed by atoms with van der Waals surface area (Å²) in [5.74, 6) is -0.503. The summed E-state index contributed by atoms with van der Waals surface area (Å²) in [4.78, 5) is 10.8. The largest absolute Gasteiger partial charge is 0.506 e. The van der Waals surface area contributed by atoms with Gasteiger partial charge in [0.25, 0.3) is 5.69 Å². The molecule has 0 aliphatic heterocycles. The first-order chi connectivity index (χ1) is 9.40. The smallest absolute Gasteiger partial charge is 0.269 e. The number of halogens is 2. The summed E-state index contributed by atoms with van der Waals surface area (Å²) in [6.45, 7) is 0. The van der Waals surface area contributed by atoms with Gasteiger partial charge in [-0.3, -0.25) is 10.1 Å². The number of aromatic hydroxyl groups is 2. The number of nitro groups is 1. The Hall–Kier alpha value is -1.63. The molecule has 2 rings (SSSR count). The first-order valence-electron chi connectivity index (χ1n) is 5.22. The number of nitro benzene ring substituents is 1. The third kappa shape index (κ3) is 2.92. The fourth-order valence-electron chi connectivity index (χ4n) is 1.43. The number of nitrogens with zero attached hydrogens (tertiary/aromatic N) is 1. The van der Waals surface area contributed by atoms with Gasteiger partial charge in [-0.05, 0) is 12.1 Å². The zero-order chi connectivity index (χ0) is 14.9. The lowest BCUT2D eigenvalue weighted by Crippen LogP contribution is -1.87. The van der Waals surface area contributed by atoms with Gasteiger partial charge in [0.15, 0.2) is 0 Å². The minimum absolute atomic E-state index is 0.0312. The second-order valence-corrected chi connectivity index (χ2v) is 5.59. The molecule has 0 aliphatic carbocycles. The molecule has 0 amide bonds. The van der Waals surface area contributed by atoms with Gasteiger partial charge in [-0.2, -0.15) is 0 Å². The van der Waals surface area contributed by atoms with Gasteiger partial charge in [-0.15, -0.1) is 0 Å². The highest BCUT2D eigenvalue weighted by Crippen LogP contribution is 2.47. The molecule has 2 N–H and O–H groups in total. The van der Waals surface area contributed by atoms with Crippen molar-refractivity contribution < 1.29 is 15.1 Å². The lowest BCUT2D eigenvalue weighted by atomic mass is 10.3. The van der Waals surface area contributed by atoms with Gasteiger partial charge in [0, 0.05) is 23.1 Å². The lowest BCUT2D eigenvalue weighted by Gasteiger charge is -2.09. The van der Waals surface area contributed by atoms with Gasteiger partial charge in [-0.1, -0.05) is 35.0 Å². The summed E-state index contributed by atoms with van der Waals surface area (Å²) in [6.07, 6.45) is 0. The monoisotopic (exact) mass is 331 g/mol. The molecule has 0 atom stereocenters. The Bertz CT molecular complexity index is 650. The van der Waals surface area contributed by atoms with Crippen molar-refractivity contribution in [2.75, 3.05) is 0 Å². The molecule has 2 aromatic carbocycles. The molecule has 0 heterocycles. The molecular formula is C12H7Cl2NO4S. The van der Waals surface area contributed by atoms with Crippen molar-refractivity contribution in [1.29, 1.82) is 0 Å². The Morgan fingerprint density at radius 3 is 2.30 bits per heavy atom. The van der Waals surface area contributed by atoms with Gasteiger partial charge in [0.1, 0.15) is 16.5 Å². The van der Waals surface area contributed by atoms with Crippen LogP contribution in [0.25, 0.3) is 0 Å². The van der Waals surface area contributed by atoms with Crippen molar-refractivity contribution >= 4 is 40.7 Å². The van der Waals surface area contributed by atoms with Crippen LogP contribution in [0, 0.1) is 10.1 Å². The molecule has 0 radical (unpaired) electrons. The number of phenols is 2. The van der Waals surface area contributed by atoms with E-state index in [0.29, 0.717) is 4.90 Å². The minimum Gasteiger partial charge on any atom is -0.506 e. The number of phenolic OH excluding ortho intramolecular Hbond substituents is 2. The molecule has 0 fully saturated rings. The van der Waals surface area contributed by atoms with Crippen molar-refractivity contribution in [3.05, 3.63) is 50.5 Å². The van der Waals surface area contributed by atoms with E-state index in [1.807, 2.05) is 0 Å². The summed E-state index contributed by atoms with van der Waals surface area (Å²) < 4.78 is 0. The van der Waals surface area contributed by atoms with Crippen LogP contribution in [0.3, 0.4) is 0 Å². The summed E-state index contributed by atoms with van der Waals surface area (Å²) >= 11 is 12.7. The zero-order valence-electron chi connectivity index (χ0n) is 9.71. The maximum absolute atomic E-state index is 10.6. The lowest BCUT2D eigenvalue weighted by molar-refractivity contribution is -0.384. The van der Waals surface area contributed by atoms with Crippen LogP contribution in [0.2, 0.25) is 10.0 Å². The summed E-state index contributed by atoms with van der Waals surface area (Å²) in [5, 5.41) is 29.9. The third-order valence-electron chi connectivity index (χ3n) is 2.40. The molecular weight excluding hydrogens is 325 g/mol. The predicted octanol–water partition coefficient (Wildman–Crippen LogP) is 4.46. The average molecular weight is 332 g/mol. The highest BCUT2D eigenvalue weighted by atomic mass is 35.5. The Labute approximate surface area is 127 Å². The van der Waals surface area contributed by atoms with Crippen molar-refractivity contribution in [2.45, 2.75) is 9.79 Å². The first-order valence-corrected chi connectivity index (χ1v) is 6.79. The maximum Gasteiger partial charge on any atom is 0.269 e. The maximum atomic E-state index is 10.6. The summed E-state index contributed by atoms with van der Waals surface area (Å²) in [5.41, 5.74) is -0.0430. The Morgan fingerprint density at radius 1 is 1.15 bits per heavy atom. The van der Waals surface area contributed by atoms with Gasteiger partial charge < -0.3 is 10.2 Å². The van der Waals surface area contributed by atoms with E-state index in [1.54, 1.807) is 0 Å². The number of rotatable bonds is 3. The third-order valence-corrected chi connectivity index (χ3v) is 4.29. The van der Waals surface area contributed by atoms with E-state index in [9.17, 15) is 20.3 Å². The van der Waals surface area contributed by atoms with Crippen LogP contribution in [0.1, 0.15) is 0 Å². The van der Waals surface area contributed by atoms with Crippen LogP contribution < -0.4 is 0 Å². The van der Waals surface area contributed by atoms with E-state index in [-0.39, 0.29) is 32.1 Å². The van der Waals surface area contributed by atoms with E-state index in [0.717, 1.165) is 17.8 Å². The molecule has 0 bridgehead atoms. The zero-order valence-corrected chi connectivity index (χ0v) is 12.0. The van der Waals surface area contributed by atoms with Crippen molar-refractivity contribution in [3.8, 4) is 11.5 Å². The quantitative estimate of drug-likeness (QED) is 0.492. The van der Waals surface area contributed by atoms with Gasteiger partial charge in [0.2, 0.25) is 0 Å². The van der Waals surface area contributed by atoms with Crippen molar-refractivity contribution in [3.63, 3.8) is 0 Å². The van der Waals surface area contributed by atoms with Crippen LogP contribution in [0.5, 0.6) is 11.5 Å². The Balaban J connectivity index is 2.37. The van der Waals surface area contributed by atoms with E-state index in [4.69, 9.17) is 23.2 Å². The molecule has 0 saturated carbocycles. The topological polar surface area (TPSA) is 83.6 Å². The average Bonchev–Trinajstić information content (AvgIpc) is 2.42. The Morgan fingerprint density at radius 2 is 1.75 bits per heavy atom. The number of benzene rings is 2.